The lowest BCUT2D eigenvalue weighted by molar-refractivity contribution is -0.138. The van der Waals surface area contributed by atoms with E-state index in [0.29, 0.717) is 23.4 Å². The number of anilines is 2. The number of hydrogen-bond donors (Lipinski definition) is 1. The van der Waals surface area contributed by atoms with Crippen LogP contribution in [0.25, 0.3) is 5.57 Å². The zero-order chi connectivity index (χ0) is 25.9. The number of likely N-dealkylation sites (N-methyl/N-ethyl adjacent to an activating group) is 1. The summed E-state index contributed by atoms with van der Waals surface area (Å²) in [5.41, 5.74) is 0.485. The number of alkyl halides is 3. The van der Waals surface area contributed by atoms with E-state index in [1.54, 1.807) is 6.07 Å². The molecule has 0 saturated heterocycles. The molecule has 2 heterocycles. The standard InChI is InChI=1S/C26H29F3N2O5/c1-4-31-9-10-35-22-8-6-19(13-21(22)31)30-24(32)11-17-14-25(15-33-2,16-34-3)36-23-12-18(26(27,28)29)5-7-20(17)23/h5-8,11-13H,4,9-10,14-16H2,1-3H3,(H,30,32)/b17-11+. The van der Waals surface area contributed by atoms with Gasteiger partial charge in [0.05, 0.1) is 31.0 Å². The highest BCUT2D eigenvalue weighted by Gasteiger charge is 2.41. The quantitative estimate of drug-likeness (QED) is 0.547. The number of carbonyl (C=O) groups is 1. The lowest BCUT2D eigenvalue weighted by Gasteiger charge is -2.39. The van der Waals surface area contributed by atoms with Crippen LogP contribution in [0, 0.1) is 0 Å². The molecule has 4 rings (SSSR count). The molecule has 0 atom stereocenters. The van der Waals surface area contributed by atoms with E-state index in [2.05, 4.69) is 10.2 Å². The van der Waals surface area contributed by atoms with Gasteiger partial charge >= 0.3 is 6.18 Å². The van der Waals surface area contributed by atoms with Crippen LogP contribution in [0.3, 0.4) is 0 Å². The maximum Gasteiger partial charge on any atom is 0.416 e. The Hall–Kier alpha value is -3.24. The molecular weight excluding hydrogens is 477 g/mol. The summed E-state index contributed by atoms with van der Waals surface area (Å²) in [7, 11) is 2.94. The molecule has 0 spiro atoms. The fourth-order valence-corrected chi connectivity index (χ4v) is 4.63. The van der Waals surface area contributed by atoms with Gasteiger partial charge in [-0.05, 0) is 42.8 Å². The Kier molecular flexibility index (Phi) is 7.46. The summed E-state index contributed by atoms with van der Waals surface area (Å²) < 4.78 is 62.4. The van der Waals surface area contributed by atoms with Crippen molar-refractivity contribution in [1.82, 2.24) is 0 Å². The number of halogens is 3. The minimum Gasteiger partial charge on any atom is -0.490 e. The van der Waals surface area contributed by atoms with Crippen molar-refractivity contribution < 1.29 is 36.9 Å². The molecule has 2 aliphatic heterocycles. The third kappa shape index (κ3) is 5.44. The van der Waals surface area contributed by atoms with Gasteiger partial charge in [0.15, 0.2) is 5.60 Å². The van der Waals surface area contributed by atoms with Gasteiger partial charge in [0.1, 0.15) is 18.1 Å². The van der Waals surface area contributed by atoms with Crippen molar-refractivity contribution in [3.05, 3.63) is 53.6 Å². The number of fused-ring (bicyclic) bond motifs is 2. The number of amides is 1. The fraction of sp³-hybridized carbons (Fsp3) is 0.423. The first kappa shape index (κ1) is 25.8. The Morgan fingerprint density at radius 2 is 1.89 bits per heavy atom. The summed E-state index contributed by atoms with van der Waals surface area (Å²) >= 11 is 0. The Labute approximate surface area is 207 Å². The van der Waals surface area contributed by atoms with Crippen LogP contribution in [-0.2, 0) is 20.4 Å². The Balaban J connectivity index is 1.67. The van der Waals surface area contributed by atoms with Crippen molar-refractivity contribution in [1.29, 1.82) is 0 Å². The molecular formula is C26H29F3N2O5. The van der Waals surface area contributed by atoms with Gasteiger partial charge in [-0.2, -0.15) is 13.2 Å². The molecule has 1 amide bonds. The van der Waals surface area contributed by atoms with Crippen molar-refractivity contribution in [2.75, 3.05) is 57.3 Å². The van der Waals surface area contributed by atoms with Gasteiger partial charge in [-0.15, -0.1) is 0 Å². The Bertz CT molecular complexity index is 1140. The number of hydrogen-bond acceptors (Lipinski definition) is 6. The minimum absolute atomic E-state index is 0.0220. The van der Waals surface area contributed by atoms with Gasteiger partial charge in [0, 0.05) is 44.5 Å². The molecule has 0 fully saturated rings. The molecule has 2 aliphatic rings. The zero-order valence-electron chi connectivity index (χ0n) is 20.4. The van der Waals surface area contributed by atoms with Gasteiger partial charge in [-0.3, -0.25) is 4.79 Å². The van der Waals surface area contributed by atoms with E-state index in [-0.39, 0.29) is 25.4 Å². The van der Waals surface area contributed by atoms with E-state index in [9.17, 15) is 18.0 Å². The molecule has 0 aliphatic carbocycles. The van der Waals surface area contributed by atoms with Gasteiger partial charge in [0.2, 0.25) is 5.91 Å². The number of nitrogens with one attached hydrogen (secondary N) is 1. The highest BCUT2D eigenvalue weighted by molar-refractivity contribution is 6.05. The first-order valence-electron chi connectivity index (χ1n) is 11.6. The summed E-state index contributed by atoms with van der Waals surface area (Å²) in [5.74, 6) is 0.358. The molecule has 7 nitrogen and oxygen atoms in total. The third-order valence-electron chi connectivity index (χ3n) is 6.18. The minimum atomic E-state index is -4.54. The largest absolute Gasteiger partial charge is 0.490 e. The second-order valence-corrected chi connectivity index (χ2v) is 8.81. The van der Waals surface area contributed by atoms with Crippen molar-refractivity contribution in [2.24, 2.45) is 0 Å². The molecule has 2 aromatic rings. The first-order chi connectivity index (χ1) is 17.2. The van der Waals surface area contributed by atoms with Crippen LogP contribution >= 0.6 is 0 Å². The van der Waals surface area contributed by atoms with Crippen molar-refractivity contribution in [2.45, 2.75) is 25.1 Å². The van der Waals surface area contributed by atoms with E-state index < -0.39 is 23.2 Å². The second-order valence-electron chi connectivity index (χ2n) is 8.81. The molecule has 2 aromatic carbocycles. The maximum atomic E-state index is 13.4. The van der Waals surface area contributed by atoms with Crippen LogP contribution in [0.1, 0.15) is 24.5 Å². The molecule has 0 aromatic heterocycles. The Morgan fingerprint density at radius 1 is 1.14 bits per heavy atom. The summed E-state index contributed by atoms with van der Waals surface area (Å²) in [5, 5.41) is 2.86. The van der Waals surface area contributed by atoms with E-state index >= 15 is 0 Å². The summed E-state index contributed by atoms with van der Waals surface area (Å²) in [6, 6.07) is 8.67. The molecule has 0 bridgehead atoms. The predicted octanol–water partition coefficient (Wildman–Crippen LogP) is 4.76. The van der Waals surface area contributed by atoms with Crippen molar-refractivity contribution in [3.63, 3.8) is 0 Å². The highest BCUT2D eigenvalue weighted by Crippen LogP contribution is 2.44. The van der Waals surface area contributed by atoms with Crippen LogP contribution < -0.4 is 19.7 Å². The molecule has 36 heavy (non-hydrogen) atoms. The Morgan fingerprint density at radius 3 is 2.56 bits per heavy atom. The van der Waals surface area contributed by atoms with Gasteiger partial charge in [-0.25, -0.2) is 0 Å². The second kappa shape index (κ2) is 10.4. The predicted molar refractivity (Wildman–Crippen MR) is 130 cm³/mol. The number of carbonyl (C=O) groups excluding carboxylic acids is 1. The monoisotopic (exact) mass is 506 g/mol. The third-order valence-corrected chi connectivity index (χ3v) is 6.18. The first-order valence-corrected chi connectivity index (χ1v) is 11.6. The van der Waals surface area contributed by atoms with Gasteiger partial charge in [-0.1, -0.05) is 6.07 Å². The van der Waals surface area contributed by atoms with Crippen LogP contribution in [-0.4, -0.2) is 58.6 Å². The van der Waals surface area contributed by atoms with Gasteiger partial charge in [0.25, 0.3) is 0 Å². The zero-order valence-corrected chi connectivity index (χ0v) is 20.4. The number of ether oxygens (including phenoxy) is 4. The lowest BCUT2D eigenvalue weighted by Crippen LogP contribution is -2.47. The van der Waals surface area contributed by atoms with Crippen molar-refractivity contribution in [3.8, 4) is 11.5 Å². The van der Waals surface area contributed by atoms with E-state index in [0.717, 1.165) is 36.7 Å². The summed E-state index contributed by atoms with van der Waals surface area (Å²) in [6.45, 7) is 4.32. The lowest BCUT2D eigenvalue weighted by atomic mass is 9.86. The van der Waals surface area contributed by atoms with Crippen molar-refractivity contribution >= 4 is 22.9 Å². The fourth-order valence-electron chi connectivity index (χ4n) is 4.63. The average molecular weight is 507 g/mol. The SMILES string of the molecule is CCN1CCOc2ccc(NC(=O)/C=C3\CC(COC)(COC)Oc4cc(C(F)(F)F)ccc43)cc21. The average Bonchev–Trinajstić information content (AvgIpc) is 2.83. The van der Waals surface area contributed by atoms with E-state index in [4.69, 9.17) is 18.9 Å². The molecule has 1 N–H and O–H groups in total. The topological polar surface area (TPSA) is 69.3 Å². The van der Waals surface area contributed by atoms with Crippen LogP contribution in [0.2, 0.25) is 0 Å². The van der Waals surface area contributed by atoms with Crippen LogP contribution in [0.4, 0.5) is 24.5 Å². The summed E-state index contributed by atoms with van der Waals surface area (Å²) in [4.78, 5) is 15.2. The molecule has 0 radical (unpaired) electrons. The molecule has 0 unspecified atom stereocenters. The molecule has 194 valence electrons. The van der Waals surface area contributed by atoms with Crippen LogP contribution in [0.5, 0.6) is 11.5 Å². The summed E-state index contributed by atoms with van der Waals surface area (Å²) in [6.07, 6.45) is -2.94. The van der Waals surface area contributed by atoms with E-state index in [1.807, 2.05) is 19.1 Å². The highest BCUT2D eigenvalue weighted by atomic mass is 19.4. The number of methoxy groups -OCH3 is 2. The number of rotatable bonds is 7. The van der Waals surface area contributed by atoms with E-state index in [1.165, 1.54) is 26.4 Å². The normalized spacial score (nSPS) is 17.6. The molecule has 10 heteroatoms. The number of benzene rings is 2. The number of nitrogens with zero attached hydrogens (tertiary/aromatic N) is 1. The smallest absolute Gasteiger partial charge is 0.416 e. The molecule has 0 saturated carbocycles. The van der Waals surface area contributed by atoms with Crippen LogP contribution in [0.15, 0.2) is 42.5 Å². The van der Waals surface area contributed by atoms with Gasteiger partial charge < -0.3 is 29.2 Å². The maximum absolute atomic E-state index is 13.4.